The minimum atomic E-state index is -0.589. The highest BCUT2D eigenvalue weighted by atomic mass is 16.5. The van der Waals surface area contributed by atoms with Crippen molar-refractivity contribution in [1.82, 2.24) is 5.32 Å². The molecule has 0 radical (unpaired) electrons. The number of hydrogen-bond donors (Lipinski definition) is 2. The lowest BCUT2D eigenvalue weighted by Crippen LogP contribution is -2.53. The zero-order valence-corrected chi connectivity index (χ0v) is 19.7. The average Bonchev–Trinajstić information content (AvgIpc) is 2.80. The Morgan fingerprint density at radius 3 is 2.06 bits per heavy atom. The summed E-state index contributed by atoms with van der Waals surface area (Å²) >= 11 is 0. The smallest absolute Gasteiger partial charge is 0.340 e. The SMILES string of the molecule is COC(=O)c1cc(OC)c(OC)cc1NC(=O)CCCNC(=O)C12CC3CC(CC(C3)C1)C2. The lowest BCUT2D eigenvalue weighted by Gasteiger charge is -2.55. The van der Waals surface area contributed by atoms with Crippen LogP contribution in [-0.2, 0) is 14.3 Å². The van der Waals surface area contributed by atoms with Gasteiger partial charge in [0, 0.05) is 30.5 Å². The largest absolute Gasteiger partial charge is 0.493 e. The van der Waals surface area contributed by atoms with E-state index in [1.807, 2.05) is 0 Å². The van der Waals surface area contributed by atoms with Gasteiger partial charge in [0.1, 0.15) is 0 Å². The maximum absolute atomic E-state index is 13.0. The molecule has 2 amide bonds. The van der Waals surface area contributed by atoms with Crippen LogP contribution in [0, 0.1) is 23.2 Å². The fourth-order valence-electron chi connectivity index (χ4n) is 6.50. The predicted molar refractivity (Wildman–Crippen MR) is 122 cm³/mol. The van der Waals surface area contributed by atoms with Gasteiger partial charge in [-0.15, -0.1) is 0 Å². The number of ether oxygens (including phenoxy) is 3. The lowest BCUT2D eigenvalue weighted by atomic mass is 9.49. The molecule has 0 unspecified atom stereocenters. The Kier molecular flexibility index (Phi) is 6.81. The summed E-state index contributed by atoms with van der Waals surface area (Å²) in [5.41, 5.74) is 0.298. The van der Waals surface area contributed by atoms with Crippen molar-refractivity contribution >= 4 is 23.5 Å². The molecule has 4 fully saturated rings. The van der Waals surface area contributed by atoms with E-state index < -0.39 is 5.97 Å². The van der Waals surface area contributed by atoms with Crippen LogP contribution in [0.5, 0.6) is 11.5 Å². The number of benzene rings is 1. The van der Waals surface area contributed by atoms with Crippen LogP contribution in [0.3, 0.4) is 0 Å². The topological polar surface area (TPSA) is 103 Å². The predicted octanol–water partition coefficient (Wildman–Crippen LogP) is 3.54. The van der Waals surface area contributed by atoms with E-state index in [0.29, 0.717) is 30.2 Å². The summed E-state index contributed by atoms with van der Waals surface area (Å²) in [5, 5.41) is 5.86. The van der Waals surface area contributed by atoms with Crippen LogP contribution in [0.2, 0.25) is 0 Å². The van der Waals surface area contributed by atoms with Crippen molar-refractivity contribution in [2.75, 3.05) is 33.2 Å². The van der Waals surface area contributed by atoms with E-state index in [0.717, 1.165) is 37.0 Å². The molecular formula is C25H34N2O6. The third-order valence-electron chi connectivity index (χ3n) is 7.59. The number of nitrogens with one attached hydrogen (secondary N) is 2. The zero-order valence-electron chi connectivity index (χ0n) is 19.7. The highest BCUT2D eigenvalue weighted by Crippen LogP contribution is 2.60. The van der Waals surface area contributed by atoms with Crippen molar-refractivity contribution in [2.24, 2.45) is 23.2 Å². The summed E-state index contributed by atoms with van der Waals surface area (Å²) < 4.78 is 15.3. The first-order valence-electron chi connectivity index (χ1n) is 11.8. The van der Waals surface area contributed by atoms with E-state index in [2.05, 4.69) is 10.6 Å². The van der Waals surface area contributed by atoms with Gasteiger partial charge in [-0.25, -0.2) is 4.79 Å². The average molecular weight is 459 g/mol. The summed E-state index contributed by atoms with van der Waals surface area (Å²) in [5.74, 6) is 2.25. The molecule has 2 N–H and O–H groups in total. The molecular weight excluding hydrogens is 424 g/mol. The minimum Gasteiger partial charge on any atom is -0.493 e. The Bertz CT molecular complexity index is 892. The second-order valence-corrected chi connectivity index (χ2v) is 9.85. The molecule has 33 heavy (non-hydrogen) atoms. The second kappa shape index (κ2) is 9.61. The van der Waals surface area contributed by atoms with Crippen LogP contribution in [0.1, 0.15) is 61.7 Å². The molecule has 180 valence electrons. The quantitative estimate of drug-likeness (QED) is 0.433. The molecule has 8 nitrogen and oxygen atoms in total. The van der Waals surface area contributed by atoms with Crippen LogP contribution in [-0.4, -0.2) is 45.7 Å². The molecule has 0 aromatic heterocycles. The van der Waals surface area contributed by atoms with Gasteiger partial charge < -0.3 is 24.8 Å². The number of anilines is 1. The Morgan fingerprint density at radius 1 is 0.939 bits per heavy atom. The van der Waals surface area contributed by atoms with Crippen LogP contribution >= 0.6 is 0 Å². The fourth-order valence-corrected chi connectivity index (χ4v) is 6.50. The molecule has 1 aromatic carbocycles. The van der Waals surface area contributed by atoms with Gasteiger partial charge in [-0.1, -0.05) is 0 Å². The number of methoxy groups -OCH3 is 3. The zero-order chi connectivity index (χ0) is 23.6. The number of hydrogen-bond acceptors (Lipinski definition) is 6. The summed E-state index contributed by atoms with van der Waals surface area (Å²) in [6.45, 7) is 0.462. The van der Waals surface area contributed by atoms with E-state index in [-0.39, 0.29) is 29.2 Å². The standard InChI is InChI=1S/C25H34N2O6/c1-31-20-10-18(23(29)33-3)19(11-21(20)32-2)27-22(28)5-4-6-26-24(30)25-12-15-7-16(13-25)9-17(8-15)14-25/h10-11,15-17H,4-9,12-14H2,1-3H3,(H,26,30)(H,27,28). The van der Waals surface area contributed by atoms with Crippen LogP contribution < -0.4 is 20.1 Å². The Labute approximate surface area is 194 Å². The van der Waals surface area contributed by atoms with Crippen molar-refractivity contribution in [1.29, 1.82) is 0 Å². The molecule has 5 rings (SSSR count). The Hall–Kier alpha value is -2.77. The number of esters is 1. The first-order valence-corrected chi connectivity index (χ1v) is 11.8. The molecule has 4 aliphatic rings. The summed E-state index contributed by atoms with van der Waals surface area (Å²) in [6.07, 6.45) is 7.73. The molecule has 1 aromatic rings. The third-order valence-corrected chi connectivity index (χ3v) is 7.59. The van der Waals surface area contributed by atoms with Crippen molar-refractivity contribution in [2.45, 2.75) is 51.4 Å². The summed E-state index contributed by atoms with van der Waals surface area (Å²) in [7, 11) is 4.22. The molecule has 4 saturated carbocycles. The normalized spacial score (nSPS) is 27.1. The molecule has 4 bridgehead atoms. The summed E-state index contributed by atoms with van der Waals surface area (Å²) in [4.78, 5) is 37.7. The third kappa shape index (κ3) is 4.80. The van der Waals surface area contributed by atoms with Gasteiger partial charge >= 0.3 is 5.97 Å². The van der Waals surface area contributed by atoms with Crippen molar-refractivity contribution in [3.63, 3.8) is 0 Å². The van der Waals surface area contributed by atoms with Gasteiger partial charge in [-0.3, -0.25) is 9.59 Å². The van der Waals surface area contributed by atoms with Crippen LogP contribution in [0.25, 0.3) is 0 Å². The van der Waals surface area contributed by atoms with E-state index in [1.165, 1.54) is 52.7 Å². The summed E-state index contributed by atoms with van der Waals surface area (Å²) in [6, 6.07) is 3.02. The first-order chi connectivity index (χ1) is 15.9. The number of amides is 2. The van der Waals surface area contributed by atoms with Gasteiger partial charge in [0.15, 0.2) is 11.5 Å². The van der Waals surface area contributed by atoms with Crippen molar-refractivity contribution in [3.05, 3.63) is 17.7 Å². The van der Waals surface area contributed by atoms with Crippen molar-refractivity contribution in [3.8, 4) is 11.5 Å². The lowest BCUT2D eigenvalue weighted by molar-refractivity contribution is -0.146. The first kappa shape index (κ1) is 23.4. The monoisotopic (exact) mass is 458 g/mol. The highest BCUT2D eigenvalue weighted by molar-refractivity contribution is 6.02. The van der Waals surface area contributed by atoms with Crippen LogP contribution in [0.15, 0.2) is 12.1 Å². The van der Waals surface area contributed by atoms with E-state index in [9.17, 15) is 14.4 Å². The Morgan fingerprint density at radius 2 is 1.52 bits per heavy atom. The van der Waals surface area contributed by atoms with Crippen molar-refractivity contribution < 1.29 is 28.6 Å². The molecule has 8 heteroatoms. The molecule has 4 aliphatic carbocycles. The van der Waals surface area contributed by atoms with E-state index in [4.69, 9.17) is 14.2 Å². The minimum absolute atomic E-state index is 0.175. The maximum Gasteiger partial charge on any atom is 0.340 e. The van der Waals surface area contributed by atoms with Gasteiger partial charge in [0.25, 0.3) is 0 Å². The molecule has 0 saturated heterocycles. The maximum atomic E-state index is 13.0. The second-order valence-electron chi connectivity index (χ2n) is 9.85. The highest BCUT2D eigenvalue weighted by Gasteiger charge is 2.54. The van der Waals surface area contributed by atoms with Crippen LogP contribution in [0.4, 0.5) is 5.69 Å². The fraction of sp³-hybridized carbons (Fsp3) is 0.640. The number of rotatable bonds is 9. The molecule has 0 aliphatic heterocycles. The Balaban J connectivity index is 1.30. The van der Waals surface area contributed by atoms with E-state index in [1.54, 1.807) is 0 Å². The van der Waals surface area contributed by atoms with E-state index >= 15 is 0 Å². The molecule has 0 atom stereocenters. The number of carbonyl (C=O) groups is 3. The molecule has 0 spiro atoms. The van der Waals surface area contributed by atoms with Gasteiger partial charge in [0.05, 0.1) is 32.6 Å². The van der Waals surface area contributed by atoms with Gasteiger partial charge in [0.2, 0.25) is 11.8 Å². The molecule has 0 heterocycles. The number of carbonyl (C=O) groups excluding carboxylic acids is 3. The van der Waals surface area contributed by atoms with Gasteiger partial charge in [-0.05, 0) is 62.7 Å². The van der Waals surface area contributed by atoms with Gasteiger partial charge in [-0.2, -0.15) is 0 Å².